The molecule has 0 bridgehead atoms. The van der Waals surface area contributed by atoms with Crippen LogP contribution in [0.25, 0.3) is 0 Å². The molecule has 0 amide bonds. The second-order valence-electron chi connectivity index (χ2n) is 6.76. The first-order valence-electron chi connectivity index (χ1n) is 6.83. The van der Waals surface area contributed by atoms with Crippen LogP contribution in [0.3, 0.4) is 0 Å². The molecule has 0 unspecified atom stereocenters. The SMILES string of the molecule is Cc1sc(C(=O)O)cc1CN1CC(C)(C)OC(C)(C)C1. The minimum Gasteiger partial charge on any atom is -0.477 e. The number of hydrogen-bond acceptors (Lipinski definition) is 4. The molecule has 0 radical (unpaired) electrons. The number of carboxylic acid groups (broad SMARTS) is 1. The van der Waals surface area contributed by atoms with Gasteiger partial charge < -0.3 is 9.84 Å². The number of carboxylic acids is 1. The lowest BCUT2D eigenvalue weighted by Crippen LogP contribution is -2.56. The number of carbonyl (C=O) groups is 1. The van der Waals surface area contributed by atoms with Gasteiger partial charge in [0.25, 0.3) is 0 Å². The molecule has 0 aromatic carbocycles. The highest BCUT2D eigenvalue weighted by atomic mass is 32.1. The molecule has 0 atom stereocenters. The van der Waals surface area contributed by atoms with E-state index in [4.69, 9.17) is 9.84 Å². The van der Waals surface area contributed by atoms with Crippen molar-refractivity contribution in [3.8, 4) is 0 Å². The van der Waals surface area contributed by atoms with E-state index < -0.39 is 5.97 Å². The minimum atomic E-state index is -0.841. The third kappa shape index (κ3) is 3.59. The Morgan fingerprint density at radius 1 is 1.35 bits per heavy atom. The summed E-state index contributed by atoms with van der Waals surface area (Å²) in [6.07, 6.45) is 0. The summed E-state index contributed by atoms with van der Waals surface area (Å²) in [6.45, 7) is 12.9. The van der Waals surface area contributed by atoms with E-state index in [-0.39, 0.29) is 11.2 Å². The molecule has 0 aliphatic carbocycles. The van der Waals surface area contributed by atoms with E-state index >= 15 is 0 Å². The Kier molecular flexibility index (Phi) is 3.97. The standard InChI is InChI=1S/C15H23NO3S/c1-10-11(6-12(20-10)13(17)18)7-16-8-14(2,3)19-15(4,5)9-16/h6H,7-9H2,1-5H3,(H,17,18). The quantitative estimate of drug-likeness (QED) is 0.931. The van der Waals surface area contributed by atoms with Gasteiger partial charge in [-0.15, -0.1) is 11.3 Å². The Balaban J connectivity index is 2.15. The van der Waals surface area contributed by atoms with Crippen molar-refractivity contribution in [2.45, 2.75) is 52.4 Å². The Bertz CT molecular complexity index is 503. The summed E-state index contributed by atoms with van der Waals surface area (Å²) in [4.78, 5) is 14.9. The van der Waals surface area contributed by atoms with E-state index in [1.165, 1.54) is 11.3 Å². The third-order valence-electron chi connectivity index (χ3n) is 3.39. The number of hydrogen-bond donors (Lipinski definition) is 1. The van der Waals surface area contributed by atoms with Gasteiger partial charge in [0.05, 0.1) is 11.2 Å². The molecule has 0 saturated carbocycles. The van der Waals surface area contributed by atoms with Gasteiger partial charge in [0.15, 0.2) is 0 Å². The van der Waals surface area contributed by atoms with Gasteiger partial charge in [-0.3, -0.25) is 4.90 Å². The van der Waals surface area contributed by atoms with Crippen molar-refractivity contribution in [1.82, 2.24) is 4.90 Å². The Morgan fingerprint density at radius 3 is 2.35 bits per heavy atom. The summed E-state index contributed by atoms with van der Waals surface area (Å²) in [5.41, 5.74) is 0.753. The summed E-state index contributed by atoms with van der Waals surface area (Å²) in [5, 5.41) is 9.07. The molecule has 1 N–H and O–H groups in total. The number of morpholine rings is 1. The number of nitrogens with zero attached hydrogens (tertiary/aromatic N) is 1. The fourth-order valence-electron chi connectivity index (χ4n) is 3.08. The molecule has 1 aliphatic heterocycles. The van der Waals surface area contributed by atoms with Gasteiger partial charge in [-0.1, -0.05) is 0 Å². The molecule has 112 valence electrons. The van der Waals surface area contributed by atoms with Crippen LogP contribution in [-0.4, -0.2) is 40.3 Å². The molecular weight excluding hydrogens is 274 g/mol. The van der Waals surface area contributed by atoms with Crippen molar-refractivity contribution in [3.63, 3.8) is 0 Å². The van der Waals surface area contributed by atoms with Gasteiger partial charge in [0, 0.05) is 24.5 Å². The zero-order valence-electron chi connectivity index (χ0n) is 12.8. The lowest BCUT2D eigenvalue weighted by Gasteiger charge is -2.47. The van der Waals surface area contributed by atoms with E-state index in [0.717, 1.165) is 30.1 Å². The van der Waals surface area contributed by atoms with Crippen LogP contribution in [0.1, 0.15) is 47.8 Å². The summed E-state index contributed by atoms with van der Waals surface area (Å²) in [6, 6.07) is 1.80. The highest BCUT2D eigenvalue weighted by Gasteiger charge is 2.38. The average Bonchev–Trinajstić information content (AvgIpc) is 2.55. The van der Waals surface area contributed by atoms with Gasteiger partial charge in [-0.2, -0.15) is 0 Å². The molecule has 1 aliphatic rings. The van der Waals surface area contributed by atoms with E-state index in [1.807, 2.05) is 6.92 Å². The molecule has 20 heavy (non-hydrogen) atoms. The minimum absolute atomic E-state index is 0.179. The van der Waals surface area contributed by atoms with Crippen LogP contribution in [0.2, 0.25) is 0 Å². The second kappa shape index (κ2) is 5.13. The zero-order valence-corrected chi connectivity index (χ0v) is 13.6. The van der Waals surface area contributed by atoms with Crippen molar-refractivity contribution in [1.29, 1.82) is 0 Å². The fraction of sp³-hybridized carbons (Fsp3) is 0.667. The molecule has 1 aromatic rings. The summed E-state index contributed by atoms with van der Waals surface area (Å²) < 4.78 is 6.07. The highest BCUT2D eigenvalue weighted by molar-refractivity contribution is 7.14. The lowest BCUT2D eigenvalue weighted by atomic mass is 9.98. The Labute approximate surface area is 124 Å². The molecular formula is C15H23NO3S. The smallest absolute Gasteiger partial charge is 0.345 e. The van der Waals surface area contributed by atoms with Gasteiger partial charge in [-0.25, -0.2) is 4.79 Å². The third-order valence-corrected chi connectivity index (χ3v) is 4.47. The van der Waals surface area contributed by atoms with Crippen molar-refractivity contribution in [2.75, 3.05) is 13.1 Å². The van der Waals surface area contributed by atoms with Gasteiger partial charge >= 0.3 is 5.97 Å². The van der Waals surface area contributed by atoms with Gasteiger partial charge in [0.2, 0.25) is 0 Å². The first kappa shape index (κ1) is 15.5. The number of aromatic carboxylic acids is 1. The van der Waals surface area contributed by atoms with Crippen LogP contribution in [0.5, 0.6) is 0 Å². The van der Waals surface area contributed by atoms with E-state index in [2.05, 4.69) is 32.6 Å². The second-order valence-corrected chi connectivity index (χ2v) is 8.02. The van der Waals surface area contributed by atoms with Crippen LogP contribution < -0.4 is 0 Å². The van der Waals surface area contributed by atoms with Gasteiger partial charge in [-0.05, 0) is 46.2 Å². The predicted molar refractivity (Wildman–Crippen MR) is 80.5 cm³/mol. The van der Waals surface area contributed by atoms with Crippen molar-refractivity contribution in [2.24, 2.45) is 0 Å². The molecule has 2 heterocycles. The molecule has 1 aromatic heterocycles. The highest BCUT2D eigenvalue weighted by Crippen LogP contribution is 2.30. The Morgan fingerprint density at radius 2 is 1.90 bits per heavy atom. The molecule has 2 rings (SSSR count). The van der Waals surface area contributed by atoms with Gasteiger partial charge in [0.1, 0.15) is 4.88 Å². The normalized spacial score (nSPS) is 21.9. The molecule has 5 heteroatoms. The van der Waals surface area contributed by atoms with Crippen molar-refractivity contribution in [3.05, 3.63) is 21.4 Å². The van der Waals surface area contributed by atoms with E-state index in [1.54, 1.807) is 6.07 Å². The largest absolute Gasteiger partial charge is 0.477 e. The number of aryl methyl sites for hydroxylation is 1. The van der Waals surface area contributed by atoms with Crippen molar-refractivity contribution < 1.29 is 14.6 Å². The maximum atomic E-state index is 11.0. The van der Waals surface area contributed by atoms with E-state index in [9.17, 15) is 4.79 Å². The summed E-state index contributed by atoms with van der Waals surface area (Å²) in [5.74, 6) is -0.841. The summed E-state index contributed by atoms with van der Waals surface area (Å²) in [7, 11) is 0. The first-order chi connectivity index (χ1) is 9.08. The Hall–Kier alpha value is -0.910. The van der Waals surface area contributed by atoms with Crippen LogP contribution in [-0.2, 0) is 11.3 Å². The first-order valence-corrected chi connectivity index (χ1v) is 7.65. The molecule has 0 spiro atoms. The van der Waals surface area contributed by atoms with Crippen LogP contribution >= 0.6 is 11.3 Å². The van der Waals surface area contributed by atoms with Crippen molar-refractivity contribution >= 4 is 17.3 Å². The monoisotopic (exact) mass is 297 g/mol. The van der Waals surface area contributed by atoms with Crippen LogP contribution in [0, 0.1) is 6.92 Å². The molecule has 1 fully saturated rings. The molecule has 1 saturated heterocycles. The molecule has 4 nitrogen and oxygen atoms in total. The zero-order chi connectivity index (χ0) is 15.1. The maximum absolute atomic E-state index is 11.0. The number of ether oxygens (including phenoxy) is 1. The number of rotatable bonds is 3. The fourth-order valence-corrected chi connectivity index (χ4v) is 3.95. The summed E-state index contributed by atoms with van der Waals surface area (Å²) >= 11 is 1.35. The number of thiophene rings is 1. The average molecular weight is 297 g/mol. The topological polar surface area (TPSA) is 49.8 Å². The lowest BCUT2D eigenvalue weighted by molar-refractivity contribution is -0.182. The van der Waals surface area contributed by atoms with E-state index in [0.29, 0.717) is 4.88 Å². The van der Waals surface area contributed by atoms with Crippen LogP contribution in [0.15, 0.2) is 6.07 Å². The maximum Gasteiger partial charge on any atom is 0.345 e. The predicted octanol–water partition coefficient (Wildman–Crippen LogP) is 3.14. The van der Waals surface area contributed by atoms with Crippen LogP contribution in [0.4, 0.5) is 0 Å².